The standard InChI is InChI=1S/C23H24F6O2/c1-2-3-15-4-6-16(7-5-15)17-8-13-20(21(24)14-17)22(25,26)30-18-9-11-19(12-10-18)31-23(27,28)29/h8-16H,2-7H2,1H3. The Hall–Kier alpha value is -2.38. The van der Waals surface area contributed by atoms with Crippen molar-refractivity contribution in [1.29, 1.82) is 0 Å². The number of benzene rings is 2. The molecule has 0 saturated heterocycles. The van der Waals surface area contributed by atoms with E-state index in [0.29, 0.717) is 11.5 Å². The lowest BCUT2D eigenvalue weighted by Crippen LogP contribution is -2.24. The van der Waals surface area contributed by atoms with Crippen LogP contribution in [0.25, 0.3) is 0 Å². The molecular weight excluding hydrogens is 422 g/mol. The van der Waals surface area contributed by atoms with Gasteiger partial charge in [-0.2, -0.15) is 8.78 Å². The fourth-order valence-electron chi connectivity index (χ4n) is 4.13. The molecule has 1 aliphatic rings. The average Bonchev–Trinajstić information content (AvgIpc) is 2.69. The molecule has 0 unspecified atom stereocenters. The number of ether oxygens (including phenoxy) is 2. The largest absolute Gasteiger partial charge is 0.573 e. The van der Waals surface area contributed by atoms with Crippen molar-refractivity contribution in [3.8, 4) is 11.5 Å². The summed E-state index contributed by atoms with van der Waals surface area (Å²) in [5.74, 6) is -1.25. The van der Waals surface area contributed by atoms with Crippen LogP contribution >= 0.6 is 0 Å². The molecule has 2 nitrogen and oxygen atoms in total. The zero-order valence-corrected chi connectivity index (χ0v) is 17.0. The summed E-state index contributed by atoms with van der Waals surface area (Å²) in [6.45, 7) is 2.15. The Kier molecular flexibility index (Phi) is 7.06. The van der Waals surface area contributed by atoms with Gasteiger partial charge in [-0.1, -0.05) is 25.8 Å². The second kappa shape index (κ2) is 9.40. The molecule has 1 saturated carbocycles. The average molecular weight is 446 g/mol. The minimum Gasteiger partial charge on any atom is -0.429 e. The van der Waals surface area contributed by atoms with Crippen LogP contribution in [0.3, 0.4) is 0 Å². The van der Waals surface area contributed by atoms with Gasteiger partial charge in [0.05, 0.1) is 5.56 Å². The maximum atomic E-state index is 14.5. The summed E-state index contributed by atoms with van der Waals surface area (Å²) < 4.78 is 88.4. The Morgan fingerprint density at radius 3 is 1.94 bits per heavy atom. The van der Waals surface area contributed by atoms with Gasteiger partial charge in [0.2, 0.25) is 0 Å². The molecule has 0 atom stereocenters. The van der Waals surface area contributed by atoms with Crippen molar-refractivity contribution in [2.24, 2.45) is 5.92 Å². The van der Waals surface area contributed by atoms with Crippen LogP contribution in [-0.4, -0.2) is 6.36 Å². The maximum absolute atomic E-state index is 14.5. The van der Waals surface area contributed by atoms with E-state index >= 15 is 0 Å². The van der Waals surface area contributed by atoms with Crippen molar-refractivity contribution in [3.05, 3.63) is 59.4 Å². The van der Waals surface area contributed by atoms with Crippen LogP contribution in [-0.2, 0) is 6.11 Å². The lowest BCUT2D eigenvalue weighted by molar-refractivity contribution is -0.274. The SMILES string of the molecule is CCCC1CCC(c2ccc(C(F)(F)Oc3ccc(OC(F)(F)F)cc3)c(F)c2)CC1. The van der Waals surface area contributed by atoms with Crippen LogP contribution in [0.4, 0.5) is 26.3 Å². The Labute approximate surface area is 177 Å². The normalized spacial score (nSPS) is 19.8. The number of hydrogen-bond acceptors (Lipinski definition) is 2. The summed E-state index contributed by atoms with van der Waals surface area (Å²) in [6.07, 6.45) is -2.67. The molecular formula is C23H24F6O2. The fourth-order valence-corrected chi connectivity index (χ4v) is 4.13. The second-order valence-electron chi connectivity index (χ2n) is 7.88. The van der Waals surface area contributed by atoms with Gasteiger partial charge in [0.25, 0.3) is 0 Å². The zero-order chi connectivity index (χ0) is 22.6. The van der Waals surface area contributed by atoms with E-state index in [0.717, 1.165) is 68.5 Å². The van der Waals surface area contributed by atoms with Crippen molar-refractivity contribution >= 4 is 0 Å². The minimum absolute atomic E-state index is 0.146. The van der Waals surface area contributed by atoms with Crippen LogP contribution in [0.1, 0.15) is 62.5 Å². The first-order chi connectivity index (χ1) is 14.6. The number of halogens is 6. The molecule has 3 rings (SSSR count). The number of rotatable bonds is 7. The summed E-state index contributed by atoms with van der Waals surface area (Å²) in [6, 6.07) is 7.13. The number of alkyl halides is 5. The van der Waals surface area contributed by atoms with E-state index in [-0.39, 0.29) is 5.92 Å². The van der Waals surface area contributed by atoms with E-state index in [1.54, 1.807) is 0 Å². The first kappa shape index (κ1) is 23.3. The lowest BCUT2D eigenvalue weighted by atomic mass is 9.77. The Bertz CT molecular complexity index is 855. The quantitative estimate of drug-likeness (QED) is 0.402. The van der Waals surface area contributed by atoms with Gasteiger partial charge in [0.15, 0.2) is 0 Å². The smallest absolute Gasteiger partial charge is 0.429 e. The molecule has 0 amide bonds. The van der Waals surface area contributed by atoms with Gasteiger partial charge in [-0.25, -0.2) is 4.39 Å². The predicted molar refractivity (Wildman–Crippen MR) is 104 cm³/mol. The highest BCUT2D eigenvalue weighted by molar-refractivity contribution is 5.34. The molecule has 8 heteroatoms. The highest BCUT2D eigenvalue weighted by atomic mass is 19.4. The molecule has 1 aliphatic carbocycles. The van der Waals surface area contributed by atoms with E-state index in [1.165, 1.54) is 12.5 Å². The minimum atomic E-state index is -4.90. The predicted octanol–water partition coefficient (Wildman–Crippen LogP) is 7.93. The maximum Gasteiger partial charge on any atom is 0.573 e. The molecule has 0 spiro atoms. The summed E-state index contributed by atoms with van der Waals surface area (Å²) in [7, 11) is 0. The monoisotopic (exact) mass is 446 g/mol. The van der Waals surface area contributed by atoms with E-state index in [2.05, 4.69) is 16.4 Å². The van der Waals surface area contributed by atoms with Crippen LogP contribution in [0.2, 0.25) is 0 Å². The Morgan fingerprint density at radius 2 is 1.42 bits per heavy atom. The van der Waals surface area contributed by atoms with Crippen LogP contribution in [0.5, 0.6) is 11.5 Å². The van der Waals surface area contributed by atoms with Crippen molar-refractivity contribution in [1.82, 2.24) is 0 Å². The van der Waals surface area contributed by atoms with Gasteiger partial charge >= 0.3 is 12.5 Å². The van der Waals surface area contributed by atoms with Gasteiger partial charge < -0.3 is 9.47 Å². The van der Waals surface area contributed by atoms with Crippen molar-refractivity contribution in [3.63, 3.8) is 0 Å². The first-order valence-electron chi connectivity index (χ1n) is 10.3. The molecule has 2 aromatic rings. The third kappa shape index (κ3) is 6.31. The van der Waals surface area contributed by atoms with E-state index in [9.17, 15) is 26.3 Å². The van der Waals surface area contributed by atoms with Crippen LogP contribution < -0.4 is 9.47 Å². The first-order valence-corrected chi connectivity index (χ1v) is 10.3. The highest BCUT2D eigenvalue weighted by Crippen LogP contribution is 2.40. The zero-order valence-electron chi connectivity index (χ0n) is 17.0. The topological polar surface area (TPSA) is 18.5 Å². The summed E-state index contributed by atoms with van der Waals surface area (Å²) >= 11 is 0. The molecule has 170 valence electrons. The van der Waals surface area contributed by atoms with Gasteiger partial charge in [0, 0.05) is 0 Å². The third-order valence-electron chi connectivity index (χ3n) is 5.63. The van der Waals surface area contributed by atoms with Crippen molar-refractivity contribution < 1.29 is 35.8 Å². The second-order valence-corrected chi connectivity index (χ2v) is 7.88. The van der Waals surface area contributed by atoms with Gasteiger partial charge in [-0.15, -0.1) is 13.2 Å². The molecule has 0 aromatic heterocycles. The van der Waals surface area contributed by atoms with Crippen LogP contribution in [0.15, 0.2) is 42.5 Å². The van der Waals surface area contributed by atoms with Gasteiger partial charge in [-0.3, -0.25) is 0 Å². The summed E-state index contributed by atoms with van der Waals surface area (Å²) in [4.78, 5) is 0. The lowest BCUT2D eigenvalue weighted by Gasteiger charge is -2.29. The Morgan fingerprint density at radius 1 is 0.839 bits per heavy atom. The molecule has 2 aromatic carbocycles. The molecule has 31 heavy (non-hydrogen) atoms. The molecule has 0 heterocycles. The fraction of sp³-hybridized carbons (Fsp3) is 0.478. The number of hydrogen-bond donors (Lipinski definition) is 0. The Balaban J connectivity index is 1.67. The van der Waals surface area contributed by atoms with Crippen LogP contribution in [0, 0.1) is 11.7 Å². The van der Waals surface area contributed by atoms with E-state index in [1.807, 2.05) is 0 Å². The summed E-state index contributed by atoms with van der Waals surface area (Å²) in [5.41, 5.74) is -0.229. The molecule has 0 N–H and O–H groups in total. The van der Waals surface area contributed by atoms with Crippen molar-refractivity contribution in [2.45, 2.75) is 63.8 Å². The van der Waals surface area contributed by atoms with E-state index < -0.39 is 35.4 Å². The molecule has 1 fully saturated rings. The third-order valence-corrected chi connectivity index (χ3v) is 5.63. The molecule has 0 aliphatic heterocycles. The van der Waals surface area contributed by atoms with Gasteiger partial charge in [0.1, 0.15) is 17.3 Å². The van der Waals surface area contributed by atoms with Crippen molar-refractivity contribution in [2.75, 3.05) is 0 Å². The molecule has 0 radical (unpaired) electrons. The highest BCUT2D eigenvalue weighted by Gasteiger charge is 2.38. The van der Waals surface area contributed by atoms with E-state index in [4.69, 9.17) is 0 Å². The van der Waals surface area contributed by atoms with Gasteiger partial charge in [-0.05, 0) is 79.5 Å². The molecule has 0 bridgehead atoms. The summed E-state index contributed by atoms with van der Waals surface area (Å²) in [5, 5.41) is 0.